The molecule has 0 amide bonds. The lowest BCUT2D eigenvalue weighted by Crippen LogP contribution is -2.38. The van der Waals surface area contributed by atoms with Gasteiger partial charge in [-0.2, -0.15) is 4.31 Å². The molecule has 30 heavy (non-hydrogen) atoms. The average Bonchev–Trinajstić information content (AvgIpc) is 3.41. The zero-order valence-electron chi connectivity index (χ0n) is 17.0. The molecule has 1 atom stereocenters. The highest BCUT2D eigenvalue weighted by molar-refractivity contribution is 7.93. The number of benzene rings is 1. The molecule has 0 spiro atoms. The minimum absolute atomic E-state index is 0.0142. The molecule has 2 heterocycles. The Bertz CT molecular complexity index is 1060. The molecule has 3 rings (SSSR count). The smallest absolute Gasteiger partial charge is 0.243 e. The van der Waals surface area contributed by atoms with Crippen molar-refractivity contribution in [2.45, 2.75) is 59.2 Å². The van der Waals surface area contributed by atoms with E-state index >= 15 is 0 Å². The summed E-state index contributed by atoms with van der Waals surface area (Å²) in [6.07, 6.45) is 3.45. The Labute approximate surface area is 182 Å². The number of sulfonamides is 1. The van der Waals surface area contributed by atoms with Gasteiger partial charge < -0.3 is 10.5 Å². The van der Waals surface area contributed by atoms with Gasteiger partial charge in [-0.25, -0.2) is 16.8 Å². The summed E-state index contributed by atoms with van der Waals surface area (Å²) in [4.78, 5) is 0.698. The lowest BCUT2D eigenvalue weighted by atomic mass is 10.2. The highest BCUT2D eigenvalue weighted by atomic mass is 32.2. The predicted octanol–water partition coefficient (Wildman–Crippen LogP) is 3.01. The van der Waals surface area contributed by atoms with E-state index in [0.29, 0.717) is 19.8 Å². The number of sulfone groups is 1. The van der Waals surface area contributed by atoms with Crippen LogP contribution in [0.15, 0.2) is 50.4 Å². The van der Waals surface area contributed by atoms with Gasteiger partial charge in [-0.15, -0.1) is 11.3 Å². The van der Waals surface area contributed by atoms with Crippen LogP contribution < -0.4 is 5.73 Å². The van der Waals surface area contributed by atoms with E-state index in [-0.39, 0.29) is 26.6 Å². The summed E-state index contributed by atoms with van der Waals surface area (Å²) in [5.74, 6) is 0. The van der Waals surface area contributed by atoms with Gasteiger partial charge in [-0.1, -0.05) is 19.4 Å². The van der Waals surface area contributed by atoms with Crippen LogP contribution in [-0.4, -0.2) is 46.9 Å². The van der Waals surface area contributed by atoms with E-state index in [1.165, 1.54) is 34.6 Å². The van der Waals surface area contributed by atoms with E-state index in [0.717, 1.165) is 41.9 Å². The fourth-order valence-corrected chi connectivity index (χ4v) is 7.91. The third-order valence-corrected chi connectivity index (χ3v) is 10.4. The Morgan fingerprint density at radius 3 is 2.63 bits per heavy atom. The van der Waals surface area contributed by atoms with Crippen LogP contribution in [0.25, 0.3) is 0 Å². The first kappa shape index (κ1) is 23.4. The van der Waals surface area contributed by atoms with Crippen molar-refractivity contribution in [2.24, 2.45) is 5.73 Å². The zero-order chi connectivity index (χ0) is 21.8. The molecule has 1 aliphatic rings. The molecule has 0 unspecified atom stereocenters. The molecule has 1 fully saturated rings. The van der Waals surface area contributed by atoms with Crippen LogP contribution in [0, 0.1) is 0 Å². The fraction of sp³-hybridized carbons (Fsp3) is 0.500. The molecule has 0 saturated carbocycles. The van der Waals surface area contributed by atoms with Crippen molar-refractivity contribution in [3.8, 4) is 0 Å². The van der Waals surface area contributed by atoms with Crippen LogP contribution in [-0.2, 0) is 31.1 Å². The summed E-state index contributed by atoms with van der Waals surface area (Å²) in [5.41, 5.74) is 5.58. The van der Waals surface area contributed by atoms with Gasteiger partial charge >= 0.3 is 0 Å². The number of nitrogens with zero attached hydrogens (tertiary/aromatic N) is 1. The summed E-state index contributed by atoms with van der Waals surface area (Å²) in [5, 5.41) is 0. The molecule has 7 nitrogen and oxygen atoms in total. The SMILES string of the molecule is CCCCOC[C@@H]1CCCN1S(=O)(=O)c1cccc(S(=O)(=O)c2ccc(CN)s2)c1. The van der Waals surface area contributed by atoms with Crippen molar-refractivity contribution in [1.82, 2.24) is 4.31 Å². The minimum atomic E-state index is -3.82. The zero-order valence-corrected chi connectivity index (χ0v) is 19.4. The standard InChI is InChI=1S/C20H28N2O5S3/c1-2-3-12-27-15-16-6-5-11-22(16)30(25,26)19-8-4-7-18(13-19)29(23,24)20-10-9-17(14-21)28-20/h4,7-10,13,16H,2-3,5-6,11-12,14-15,21H2,1H3/t16-/m0/s1. The third-order valence-electron chi connectivity index (χ3n) is 5.10. The summed E-state index contributed by atoms with van der Waals surface area (Å²) < 4.78 is 59.7. The molecule has 0 aliphatic carbocycles. The molecule has 166 valence electrons. The van der Waals surface area contributed by atoms with E-state index in [4.69, 9.17) is 10.5 Å². The highest BCUT2D eigenvalue weighted by Gasteiger charge is 2.36. The van der Waals surface area contributed by atoms with Crippen molar-refractivity contribution in [2.75, 3.05) is 19.8 Å². The maximum absolute atomic E-state index is 13.3. The van der Waals surface area contributed by atoms with E-state index in [9.17, 15) is 16.8 Å². The van der Waals surface area contributed by atoms with Gasteiger partial charge in [0.2, 0.25) is 19.9 Å². The number of hydrogen-bond donors (Lipinski definition) is 1. The Morgan fingerprint density at radius 1 is 1.17 bits per heavy atom. The molecule has 2 N–H and O–H groups in total. The Kier molecular flexibility index (Phi) is 7.70. The van der Waals surface area contributed by atoms with Gasteiger partial charge in [-0.3, -0.25) is 0 Å². The molecule has 2 aromatic rings. The van der Waals surface area contributed by atoms with Crippen LogP contribution in [0.5, 0.6) is 0 Å². The van der Waals surface area contributed by atoms with Gasteiger partial charge in [0.15, 0.2) is 0 Å². The fourth-order valence-electron chi connectivity index (χ4n) is 3.42. The summed E-state index contributed by atoms with van der Waals surface area (Å²) >= 11 is 1.10. The second-order valence-electron chi connectivity index (χ2n) is 7.24. The minimum Gasteiger partial charge on any atom is -0.380 e. The van der Waals surface area contributed by atoms with Crippen molar-refractivity contribution in [1.29, 1.82) is 0 Å². The van der Waals surface area contributed by atoms with E-state index in [1.54, 1.807) is 6.07 Å². The molecule has 0 bridgehead atoms. The first-order valence-corrected chi connectivity index (χ1v) is 13.8. The Morgan fingerprint density at radius 2 is 1.93 bits per heavy atom. The van der Waals surface area contributed by atoms with Crippen LogP contribution in [0.3, 0.4) is 0 Å². The van der Waals surface area contributed by atoms with Crippen LogP contribution in [0.1, 0.15) is 37.5 Å². The van der Waals surface area contributed by atoms with Crippen LogP contribution in [0.4, 0.5) is 0 Å². The second-order valence-corrected chi connectivity index (χ2v) is 12.5. The number of ether oxygens (including phenoxy) is 1. The predicted molar refractivity (Wildman–Crippen MR) is 117 cm³/mol. The number of thiophene rings is 1. The van der Waals surface area contributed by atoms with E-state index in [1.807, 2.05) is 0 Å². The number of unbranched alkanes of at least 4 members (excludes halogenated alkanes) is 1. The topological polar surface area (TPSA) is 107 Å². The lowest BCUT2D eigenvalue weighted by Gasteiger charge is -2.24. The molecule has 1 saturated heterocycles. The van der Waals surface area contributed by atoms with Crippen molar-refractivity contribution in [3.05, 3.63) is 41.3 Å². The van der Waals surface area contributed by atoms with E-state index in [2.05, 4.69) is 6.92 Å². The number of nitrogens with two attached hydrogens (primary N) is 1. The number of hydrogen-bond acceptors (Lipinski definition) is 7. The first-order chi connectivity index (χ1) is 14.3. The van der Waals surface area contributed by atoms with Gasteiger partial charge in [0.1, 0.15) is 4.21 Å². The largest absolute Gasteiger partial charge is 0.380 e. The van der Waals surface area contributed by atoms with E-state index < -0.39 is 19.9 Å². The molecular formula is C20H28N2O5S3. The van der Waals surface area contributed by atoms with Gasteiger partial charge in [-0.05, 0) is 49.6 Å². The van der Waals surface area contributed by atoms with Crippen molar-refractivity contribution >= 4 is 31.2 Å². The van der Waals surface area contributed by atoms with Gasteiger partial charge in [0.25, 0.3) is 0 Å². The molecule has 1 aliphatic heterocycles. The van der Waals surface area contributed by atoms with Crippen LogP contribution >= 0.6 is 11.3 Å². The van der Waals surface area contributed by atoms with Gasteiger partial charge in [0.05, 0.1) is 16.4 Å². The van der Waals surface area contributed by atoms with Crippen LogP contribution in [0.2, 0.25) is 0 Å². The van der Waals surface area contributed by atoms with Crippen molar-refractivity contribution < 1.29 is 21.6 Å². The highest BCUT2D eigenvalue weighted by Crippen LogP contribution is 2.31. The monoisotopic (exact) mass is 472 g/mol. The maximum Gasteiger partial charge on any atom is 0.243 e. The first-order valence-electron chi connectivity index (χ1n) is 10.0. The molecule has 1 aromatic carbocycles. The normalized spacial score (nSPS) is 18.1. The lowest BCUT2D eigenvalue weighted by molar-refractivity contribution is 0.0969. The van der Waals surface area contributed by atoms with Crippen molar-refractivity contribution in [3.63, 3.8) is 0 Å². The molecule has 1 aromatic heterocycles. The summed E-state index contributed by atoms with van der Waals surface area (Å²) in [6.45, 7) is 3.70. The molecular weight excluding hydrogens is 444 g/mol. The average molecular weight is 473 g/mol. The van der Waals surface area contributed by atoms with Gasteiger partial charge in [0, 0.05) is 30.6 Å². The third kappa shape index (κ3) is 4.95. The Balaban J connectivity index is 1.85. The summed E-state index contributed by atoms with van der Waals surface area (Å²) in [7, 11) is -7.64. The molecule has 0 radical (unpaired) electrons. The number of rotatable bonds is 10. The molecule has 10 heteroatoms. The second kappa shape index (κ2) is 9.88. The summed E-state index contributed by atoms with van der Waals surface area (Å²) in [6, 6.07) is 8.54. The quantitative estimate of drug-likeness (QED) is 0.533. The Hall–Kier alpha value is -1.30. The maximum atomic E-state index is 13.3.